The van der Waals surface area contributed by atoms with Gasteiger partial charge in [-0.3, -0.25) is 4.79 Å². The highest BCUT2D eigenvalue weighted by Gasteiger charge is 2.48. The van der Waals surface area contributed by atoms with Crippen LogP contribution in [-0.2, 0) is 15.1 Å². The molecule has 0 heterocycles. The van der Waals surface area contributed by atoms with Crippen LogP contribution in [0.1, 0.15) is 25.0 Å². The molecule has 0 spiro atoms. The summed E-state index contributed by atoms with van der Waals surface area (Å²) >= 11 is 0. The predicted molar refractivity (Wildman–Crippen MR) is 66.7 cm³/mol. The Morgan fingerprint density at radius 2 is 2.11 bits per heavy atom. The summed E-state index contributed by atoms with van der Waals surface area (Å²) in [5, 5.41) is 20.0. The third kappa shape index (κ3) is 1.69. The lowest BCUT2D eigenvalue weighted by Gasteiger charge is -2.31. The Hall–Kier alpha value is -1.81. The minimum atomic E-state index is -1.58. The molecule has 0 aromatic heterocycles. The molecule has 2 unspecified atom stereocenters. The van der Waals surface area contributed by atoms with Gasteiger partial charge in [0, 0.05) is 0 Å². The van der Waals surface area contributed by atoms with Crippen LogP contribution in [0.2, 0.25) is 0 Å². The van der Waals surface area contributed by atoms with Crippen molar-refractivity contribution in [3.63, 3.8) is 0 Å². The average molecular weight is 248 g/mol. The van der Waals surface area contributed by atoms with Crippen LogP contribution in [0.5, 0.6) is 0 Å². The molecule has 0 saturated heterocycles. The van der Waals surface area contributed by atoms with Crippen molar-refractivity contribution >= 4 is 12.0 Å². The van der Waals surface area contributed by atoms with E-state index in [1.807, 2.05) is 12.1 Å². The third-order valence-electron chi connectivity index (χ3n) is 3.33. The van der Waals surface area contributed by atoms with Crippen LogP contribution in [0.3, 0.4) is 0 Å². The Bertz CT molecular complexity index is 506. The van der Waals surface area contributed by atoms with Crippen LogP contribution in [0, 0.1) is 5.92 Å². The Morgan fingerprint density at radius 3 is 2.72 bits per heavy atom. The van der Waals surface area contributed by atoms with E-state index >= 15 is 0 Å². The van der Waals surface area contributed by atoms with Crippen molar-refractivity contribution in [1.82, 2.24) is 0 Å². The summed E-state index contributed by atoms with van der Waals surface area (Å²) in [5.74, 6) is -1.72. The van der Waals surface area contributed by atoms with Crippen LogP contribution in [-0.4, -0.2) is 22.8 Å². The van der Waals surface area contributed by atoms with Gasteiger partial charge < -0.3 is 14.9 Å². The number of rotatable bonds is 4. The fraction of sp³-hybridized carbons (Fsp3) is 0.357. The number of carboxylic acid groups (broad SMARTS) is 1. The van der Waals surface area contributed by atoms with E-state index in [9.17, 15) is 15.0 Å². The number of aliphatic carboxylic acids is 1. The van der Waals surface area contributed by atoms with E-state index in [0.717, 1.165) is 5.56 Å². The highest BCUT2D eigenvalue weighted by molar-refractivity contribution is 5.77. The Balaban J connectivity index is 2.54. The monoisotopic (exact) mass is 248 g/mol. The van der Waals surface area contributed by atoms with Gasteiger partial charge in [0.1, 0.15) is 5.76 Å². The van der Waals surface area contributed by atoms with E-state index in [1.54, 1.807) is 25.1 Å². The zero-order chi connectivity index (χ0) is 13.3. The third-order valence-corrected chi connectivity index (χ3v) is 3.33. The topological polar surface area (TPSA) is 66.8 Å². The standard InChI is InChI=1S/C14H16O4/c1-3-18-12-8-10-6-4-5-7-11(10)14(12,17)9(2)13(15)16/h4-9,17H,3H2,1-2H3,(H,15,16). The highest BCUT2D eigenvalue weighted by atomic mass is 16.5. The molecule has 96 valence electrons. The minimum Gasteiger partial charge on any atom is -0.495 e. The molecule has 18 heavy (non-hydrogen) atoms. The van der Waals surface area contributed by atoms with Gasteiger partial charge in [0.25, 0.3) is 0 Å². The van der Waals surface area contributed by atoms with E-state index < -0.39 is 17.5 Å². The van der Waals surface area contributed by atoms with Crippen molar-refractivity contribution in [3.05, 3.63) is 41.2 Å². The Labute approximate surface area is 106 Å². The maximum atomic E-state index is 11.2. The number of benzene rings is 1. The molecular formula is C14H16O4. The fourth-order valence-electron chi connectivity index (χ4n) is 2.29. The highest BCUT2D eigenvalue weighted by Crippen LogP contribution is 2.45. The van der Waals surface area contributed by atoms with Crippen LogP contribution in [0.15, 0.2) is 30.0 Å². The van der Waals surface area contributed by atoms with Gasteiger partial charge in [-0.05, 0) is 31.1 Å². The molecule has 2 N–H and O–H groups in total. The average Bonchev–Trinajstić information content (AvgIpc) is 2.64. The second kappa shape index (κ2) is 4.46. The molecule has 1 aromatic rings. The number of hydrogen-bond acceptors (Lipinski definition) is 3. The van der Waals surface area contributed by atoms with Crippen molar-refractivity contribution in [1.29, 1.82) is 0 Å². The molecule has 0 radical (unpaired) electrons. The normalized spacial score (nSPS) is 23.2. The van der Waals surface area contributed by atoms with E-state index in [2.05, 4.69) is 0 Å². The largest absolute Gasteiger partial charge is 0.495 e. The lowest BCUT2D eigenvalue weighted by molar-refractivity contribution is -0.151. The van der Waals surface area contributed by atoms with E-state index in [4.69, 9.17) is 4.74 Å². The fourth-order valence-corrected chi connectivity index (χ4v) is 2.29. The maximum absolute atomic E-state index is 11.2. The molecule has 0 amide bonds. The zero-order valence-electron chi connectivity index (χ0n) is 10.4. The van der Waals surface area contributed by atoms with Crippen molar-refractivity contribution < 1.29 is 19.7 Å². The van der Waals surface area contributed by atoms with Crippen LogP contribution >= 0.6 is 0 Å². The van der Waals surface area contributed by atoms with Gasteiger partial charge in [-0.25, -0.2) is 0 Å². The molecule has 4 heteroatoms. The summed E-state index contributed by atoms with van der Waals surface area (Å²) in [5.41, 5.74) is -0.196. The number of aliphatic hydroxyl groups is 1. The Morgan fingerprint density at radius 1 is 1.44 bits per heavy atom. The first-order chi connectivity index (χ1) is 8.51. The van der Waals surface area contributed by atoms with Gasteiger partial charge in [0.2, 0.25) is 0 Å². The van der Waals surface area contributed by atoms with Gasteiger partial charge >= 0.3 is 5.97 Å². The van der Waals surface area contributed by atoms with Crippen LogP contribution in [0.25, 0.3) is 6.08 Å². The van der Waals surface area contributed by atoms with E-state index in [-0.39, 0.29) is 0 Å². The van der Waals surface area contributed by atoms with Gasteiger partial charge in [0.05, 0.1) is 12.5 Å². The quantitative estimate of drug-likeness (QED) is 0.855. The van der Waals surface area contributed by atoms with Gasteiger partial charge in [0.15, 0.2) is 5.60 Å². The summed E-state index contributed by atoms with van der Waals surface area (Å²) < 4.78 is 5.42. The van der Waals surface area contributed by atoms with Crippen molar-refractivity contribution in [2.75, 3.05) is 6.61 Å². The van der Waals surface area contributed by atoms with E-state index in [0.29, 0.717) is 17.9 Å². The van der Waals surface area contributed by atoms with Crippen molar-refractivity contribution in [3.8, 4) is 0 Å². The second-order valence-corrected chi connectivity index (χ2v) is 4.36. The van der Waals surface area contributed by atoms with Crippen molar-refractivity contribution in [2.24, 2.45) is 5.92 Å². The van der Waals surface area contributed by atoms with E-state index in [1.165, 1.54) is 6.92 Å². The molecule has 1 aromatic carbocycles. The summed E-state index contributed by atoms with van der Waals surface area (Å²) in [4.78, 5) is 11.2. The smallest absolute Gasteiger partial charge is 0.310 e. The van der Waals surface area contributed by atoms with Crippen LogP contribution in [0.4, 0.5) is 0 Å². The number of carboxylic acids is 1. The molecule has 0 bridgehead atoms. The predicted octanol–water partition coefficient (Wildman–Crippen LogP) is 1.99. The molecule has 0 saturated carbocycles. The molecule has 2 rings (SSSR count). The first-order valence-corrected chi connectivity index (χ1v) is 5.91. The molecule has 0 aliphatic heterocycles. The first-order valence-electron chi connectivity index (χ1n) is 5.91. The van der Waals surface area contributed by atoms with Crippen molar-refractivity contribution in [2.45, 2.75) is 19.4 Å². The van der Waals surface area contributed by atoms with Gasteiger partial charge in [-0.2, -0.15) is 0 Å². The molecule has 1 aliphatic carbocycles. The molecule has 1 aliphatic rings. The number of hydrogen-bond donors (Lipinski definition) is 2. The number of fused-ring (bicyclic) bond motifs is 1. The summed E-state index contributed by atoms with van der Waals surface area (Å²) in [6, 6.07) is 7.19. The SMILES string of the molecule is CCOC1=Cc2ccccc2C1(O)C(C)C(=O)O. The van der Waals surface area contributed by atoms with Gasteiger partial charge in [-0.15, -0.1) is 0 Å². The lowest BCUT2D eigenvalue weighted by Crippen LogP contribution is -2.39. The van der Waals surface area contributed by atoms with Crippen LogP contribution < -0.4 is 0 Å². The molecule has 0 fully saturated rings. The summed E-state index contributed by atoms with van der Waals surface area (Å²) in [6.45, 7) is 3.67. The second-order valence-electron chi connectivity index (χ2n) is 4.36. The number of carbonyl (C=O) groups is 1. The molecule has 4 nitrogen and oxygen atoms in total. The zero-order valence-corrected chi connectivity index (χ0v) is 10.4. The molecular weight excluding hydrogens is 232 g/mol. The lowest BCUT2D eigenvalue weighted by atomic mass is 9.83. The minimum absolute atomic E-state index is 0.307. The first kappa shape index (κ1) is 12.6. The maximum Gasteiger partial charge on any atom is 0.310 e. The Kier molecular flexibility index (Phi) is 3.13. The summed E-state index contributed by atoms with van der Waals surface area (Å²) in [6.07, 6.45) is 1.71. The molecule has 2 atom stereocenters. The summed E-state index contributed by atoms with van der Waals surface area (Å²) in [7, 11) is 0. The van der Waals surface area contributed by atoms with Gasteiger partial charge in [-0.1, -0.05) is 24.3 Å². The number of ether oxygens (including phenoxy) is 1.